The van der Waals surface area contributed by atoms with Crippen LogP contribution >= 0.6 is 0 Å². The summed E-state index contributed by atoms with van der Waals surface area (Å²) in [4.78, 5) is 12.1. The molecule has 0 aliphatic heterocycles. The van der Waals surface area contributed by atoms with Gasteiger partial charge in [-0.3, -0.25) is 0 Å². The fourth-order valence-electron chi connectivity index (χ4n) is 2.43. The Hall–Kier alpha value is -1.71. The van der Waals surface area contributed by atoms with Gasteiger partial charge in [0.05, 0.1) is 0 Å². The number of ether oxygens (including phenoxy) is 2. The first-order chi connectivity index (χ1) is 9.69. The third kappa shape index (κ3) is 4.15. The molecule has 1 aromatic rings. The molecule has 4 heteroatoms. The maximum Gasteiger partial charge on any atom is 0.347 e. The smallest absolute Gasteiger partial charge is 0.347 e. The summed E-state index contributed by atoms with van der Waals surface area (Å²) in [6.45, 7) is 1.92. The Morgan fingerprint density at radius 1 is 1.25 bits per heavy atom. The van der Waals surface area contributed by atoms with Gasteiger partial charge in [-0.2, -0.15) is 0 Å². The van der Waals surface area contributed by atoms with E-state index in [0.29, 0.717) is 17.9 Å². The first kappa shape index (κ1) is 14.7. The van der Waals surface area contributed by atoms with Crippen molar-refractivity contribution in [1.29, 1.82) is 0 Å². The average Bonchev–Trinajstić information content (AvgIpc) is 2.47. The van der Waals surface area contributed by atoms with Gasteiger partial charge in [0.2, 0.25) is 0 Å². The molecule has 0 radical (unpaired) electrons. The number of benzene rings is 1. The maximum absolute atomic E-state index is 12.1. The van der Waals surface area contributed by atoms with E-state index in [-0.39, 0.29) is 12.1 Å². The molecule has 1 aromatic carbocycles. The van der Waals surface area contributed by atoms with Gasteiger partial charge in [-0.15, -0.1) is 0 Å². The van der Waals surface area contributed by atoms with Crippen LogP contribution in [0.25, 0.3) is 0 Å². The van der Waals surface area contributed by atoms with Crippen molar-refractivity contribution in [1.82, 2.24) is 0 Å². The number of nitrogens with two attached hydrogens (primary N) is 1. The van der Waals surface area contributed by atoms with Gasteiger partial charge in [0, 0.05) is 5.69 Å². The Labute approximate surface area is 120 Å². The number of esters is 1. The summed E-state index contributed by atoms with van der Waals surface area (Å²) in [5, 5.41) is 0. The molecule has 0 heterocycles. The SMILES string of the molecule is CCC(Oc1ccc(N)cc1)C(=O)OC1CCCCC1. The molecule has 2 N–H and O–H groups in total. The van der Waals surface area contributed by atoms with Crippen molar-refractivity contribution in [2.75, 3.05) is 5.73 Å². The van der Waals surface area contributed by atoms with Crippen LogP contribution in [0, 0.1) is 0 Å². The van der Waals surface area contributed by atoms with Crippen LogP contribution in [0.3, 0.4) is 0 Å². The normalized spacial score (nSPS) is 17.4. The minimum Gasteiger partial charge on any atom is -0.479 e. The predicted molar refractivity (Wildman–Crippen MR) is 78.5 cm³/mol. The summed E-state index contributed by atoms with van der Waals surface area (Å²) in [5.41, 5.74) is 6.30. The van der Waals surface area contributed by atoms with Crippen LogP contribution in [0.1, 0.15) is 45.4 Å². The quantitative estimate of drug-likeness (QED) is 0.662. The molecule has 1 aliphatic rings. The molecule has 1 saturated carbocycles. The fraction of sp³-hybridized carbons (Fsp3) is 0.562. The number of rotatable bonds is 5. The van der Waals surface area contributed by atoms with Crippen LogP contribution in [0.15, 0.2) is 24.3 Å². The number of nitrogen functional groups attached to an aromatic ring is 1. The number of anilines is 1. The van der Waals surface area contributed by atoms with Crippen molar-refractivity contribution in [3.8, 4) is 5.75 Å². The lowest BCUT2D eigenvalue weighted by Gasteiger charge is -2.24. The van der Waals surface area contributed by atoms with Crippen LogP contribution in [0.2, 0.25) is 0 Å². The molecule has 0 spiro atoms. The van der Waals surface area contributed by atoms with E-state index in [2.05, 4.69) is 0 Å². The second-order valence-corrected chi connectivity index (χ2v) is 5.28. The van der Waals surface area contributed by atoms with Gasteiger partial charge < -0.3 is 15.2 Å². The highest BCUT2D eigenvalue weighted by Crippen LogP contribution is 2.22. The molecule has 1 atom stereocenters. The molecule has 0 amide bonds. The van der Waals surface area contributed by atoms with Crippen molar-refractivity contribution in [3.63, 3.8) is 0 Å². The zero-order valence-electron chi connectivity index (χ0n) is 12.0. The summed E-state index contributed by atoms with van der Waals surface area (Å²) in [6.07, 6.45) is 5.61. The Bertz CT molecular complexity index is 424. The van der Waals surface area contributed by atoms with Gasteiger partial charge in [0.15, 0.2) is 6.10 Å². The van der Waals surface area contributed by atoms with Crippen molar-refractivity contribution < 1.29 is 14.3 Å². The van der Waals surface area contributed by atoms with E-state index in [1.165, 1.54) is 6.42 Å². The molecule has 1 fully saturated rings. The fourth-order valence-corrected chi connectivity index (χ4v) is 2.43. The van der Waals surface area contributed by atoms with Crippen LogP contribution in [0.5, 0.6) is 5.75 Å². The number of hydrogen-bond acceptors (Lipinski definition) is 4. The zero-order valence-corrected chi connectivity index (χ0v) is 12.0. The summed E-state index contributed by atoms with van der Waals surface area (Å²) in [7, 11) is 0. The van der Waals surface area contributed by atoms with E-state index in [1.54, 1.807) is 24.3 Å². The number of hydrogen-bond donors (Lipinski definition) is 1. The lowest BCUT2D eigenvalue weighted by molar-refractivity contribution is -0.159. The zero-order chi connectivity index (χ0) is 14.4. The van der Waals surface area contributed by atoms with E-state index in [1.807, 2.05) is 6.92 Å². The molecule has 0 bridgehead atoms. The van der Waals surface area contributed by atoms with Crippen molar-refractivity contribution in [2.24, 2.45) is 0 Å². The Balaban J connectivity index is 1.89. The van der Waals surface area contributed by atoms with Gasteiger partial charge in [-0.25, -0.2) is 4.79 Å². The molecule has 1 unspecified atom stereocenters. The largest absolute Gasteiger partial charge is 0.479 e. The average molecular weight is 277 g/mol. The van der Waals surface area contributed by atoms with Gasteiger partial charge in [0.25, 0.3) is 0 Å². The van der Waals surface area contributed by atoms with Gasteiger partial charge in [0.1, 0.15) is 11.9 Å². The lowest BCUT2D eigenvalue weighted by atomic mass is 9.98. The molecule has 1 aliphatic carbocycles. The van der Waals surface area contributed by atoms with Crippen molar-refractivity contribution >= 4 is 11.7 Å². The first-order valence-electron chi connectivity index (χ1n) is 7.41. The lowest BCUT2D eigenvalue weighted by Crippen LogP contribution is -2.32. The number of carbonyl (C=O) groups is 1. The Morgan fingerprint density at radius 2 is 1.90 bits per heavy atom. The highest BCUT2D eigenvalue weighted by molar-refractivity contribution is 5.75. The molecule has 4 nitrogen and oxygen atoms in total. The molecule has 110 valence electrons. The molecular weight excluding hydrogens is 254 g/mol. The standard InChI is InChI=1S/C16H23NO3/c1-2-15(19-14-10-8-12(17)9-11-14)16(18)20-13-6-4-3-5-7-13/h8-11,13,15H,2-7,17H2,1H3. The summed E-state index contributed by atoms with van der Waals surface area (Å²) in [5.74, 6) is 0.392. The minimum atomic E-state index is -0.541. The van der Waals surface area contributed by atoms with Crippen molar-refractivity contribution in [2.45, 2.75) is 57.7 Å². The second kappa shape index (κ2) is 7.17. The maximum atomic E-state index is 12.1. The number of carbonyl (C=O) groups excluding carboxylic acids is 1. The minimum absolute atomic E-state index is 0.0697. The van der Waals surface area contributed by atoms with Crippen LogP contribution in [0.4, 0.5) is 5.69 Å². The van der Waals surface area contributed by atoms with E-state index in [9.17, 15) is 4.79 Å². The Kier molecular flexibility index (Phi) is 5.27. The highest BCUT2D eigenvalue weighted by atomic mass is 16.6. The third-order valence-electron chi connectivity index (χ3n) is 3.63. The van der Waals surface area contributed by atoms with Crippen LogP contribution in [-0.4, -0.2) is 18.2 Å². The van der Waals surface area contributed by atoms with Crippen molar-refractivity contribution in [3.05, 3.63) is 24.3 Å². The third-order valence-corrected chi connectivity index (χ3v) is 3.63. The highest BCUT2D eigenvalue weighted by Gasteiger charge is 2.24. The van der Waals surface area contributed by atoms with Crippen LogP contribution in [-0.2, 0) is 9.53 Å². The van der Waals surface area contributed by atoms with E-state index >= 15 is 0 Å². The second-order valence-electron chi connectivity index (χ2n) is 5.28. The topological polar surface area (TPSA) is 61.5 Å². The monoisotopic (exact) mass is 277 g/mol. The molecule has 0 saturated heterocycles. The van der Waals surface area contributed by atoms with E-state index in [0.717, 1.165) is 25.7 Å². The summed E-state index contributed by atoms with van der Waals surface area (Å²) in [6, 6.07) is 7.06. The molecule has 2 rings (SSSR count). The van der Waals surface area contributed by atoms with E-state index in [4.69, 9.17) is 15.2 Å². The molecular formula is C16H23NO3. The van der Waals surface area contributed by atoms with Crippen LogP contribution < -0.4 is 10.5 Å². The summed E-state index contributed by atoms with van der Waals surface area (Å²) < 4.78 is 11.2. The summed E-state index contributed by atoms with van der Waals surface area (Å²) >= 11 is 0. The molecule has 0 aromatic heterocycles. The van der Waals surface area contributed by atoms with Gasteiger partial charge in [-0.05, 0) is 56.4 Å². The van der Waals surface area contributed by atoms with Gasteiger partial charge >= 0.3 is 5.97 Å². The van der Waals surface area contributed by atoms with Gasteiger partial charge in [-0.1, -0.05) is 13.3 Å². The Morgan fingerprint density at radius 3 is 2.50 bits per heavy atom. The van der Waals surface area contributed by atoms with E-state index < -0.39 is 6.10 Å². The predicted octanol–water partition coefficient (Wildman–Crippen LogP) is 3.30. The first-order valence-corrected chi connectivity index (χ1v) is 7.41. The molecule has 20 heavy (non-hydrogen) atoms.